The van der Waals surface area contributed by atoms with E-state index in [2.05, 4.69) is 28.0 Å². The fourth-order valence-corrected chi connectivity index (χ4v) is 6.29. The van der Waals surface area contributed by atoms with Gasteiger partial charge in [-0.3, -0.25) is 9.80 Å². The van der Waals surface area contributed by atoms with Crippen LogP contribution in [0.4, 0.5) is 0 Å². The molecule has 2 aliphatic heterocycles. The van der Waals surface area contributed by atoms with E-state index in [1.54, 1.807) is 4.31 Å². The van der Waals surface area contributed by atoms with Crippen molar-refractivity contribution in [1.82, 2.24) is 28.7 Å². The van der Waals surface area contributed by atoms with Crippen molar-refractivity contribution in [2.45, 2.75) is 38.8 Å². The van der Waals surface area contributed by atoms with Gasteiger partial charge in [0.15, 0.2) is 5.65 Å². The molecule has 1 aromatic carbocycles. The zero-order valence-electron chi connectivity index (χ0n) is 20.4. The standard InChI is InChI=1S/C25H33ClN6O2S/c1-19-23(18-29-12-14-31(15-13-29)35(2,33)34)25-27-10-9-24(32(25)28-19)21-4-3-11-30(17-21)16-20-5-7-22(26)8-6-20/h5-10,21H,3-4,11-18H2,1-2H3. The number of fused-ring (bicyclic) bond motifs is 1. The van der Waals surface area contributed by atoms with Crippen LogP contribution >= 0.6 is 11.6 Å². The highest BCUT2D eigenvalue weighted by Gasteiger charge is 2.27. The maximum absolute atomic E-state index is 11.8. The van der Waals surface area contributed by atoms with Crippen molar-refractivity contribution in [2.75, 3.05) is 45.5 Å². The Morgan fingerprint density at radius 3 is 2.46 bits per heavy atom. The number of nitrogens with zero attached hydrogens (tertiary/aromatic N) is 6. The number of likely N-dealkylation sites (tertiary alicyclic amines) is 1. The van der Waals surface area contributed by atoms with Crippen LogP contribution in [0.2, 0.25) is 5.02 Å². The molecule has 188 valence electrons. The number of aromatic nitrogens is 3. The molecule has 35 heavy (non-hydrogen) atoms. The van der Waals surface area contributed by atoms with Crippen molar-refractivity contribution >= 4 is 27.3 Å². The first-order valence-corrected chi connectivity index (χ1v) is 14.5. The summed E-state index contributed by atoms with van der Waals surface area (Å²) >= 11 is 6.06. The topological polar surface area (TPSA) is 74.1 Å². The average Bonchev–Trinajstić information content (AvgIpc) is 3.15. The molecule has 1 unspecified atom stereocenters. The largest absolute Gasteiger partial charge is 0.298 e. The van der Waals surface area contributed by atoms with Gasteiger partial charge in [0.05, 0.1) is 17.6 Å². The van der Waals surface area contributed by atoms with Gasteiger partial charge in [0.2, 0.25) is 10.0 Å². The summed E-state index contributed by atoms with van der Waals surface area (Å²) in [5.41, 5.74) is 5.54. The van der Waals surface area contributed by atoms with Crippen molar-refractivity contribution in [1.29, 1.82) is 0 Å². The molecule has 4 heterocycles. The van der Waals surface area contributed by atoms with Gasteiger partial charge in [0.25, 0.3) is 0 Å². The van der Waals surface area contributed by atoms with Crippen LogP contribution in [0.25, 0.3) is 5.65 Å². The Kier molecular flexibility index (Phi) is 7.14. The summed E-state index contributed by atoms with van der Waals surface area (Å²) < 4.78 is 27.3. The third-order valence-corrected chi connectivity index (χ3v) is 8.82. The third kappa shape index (κ3) is 5.54. The van der Waals surface area contributed by atoms with E-state index in [1.165, 1.54) is 17.5 Å². The van der Waals surface area contributed by atoms with Gasteiger partial charge in [-0.25, -0.2) is 17.9 Å². The van der Waals surface area contributed by atoms with E-state index in [4.69, 9.17) is 21.7 Å². The van der Waals surface area contributed by atoms with Crippen molar-refractivity contribution in [3.63, 3.8) is 0 Å². The molecule has 0 amide bonds. The van der Waals surface area contributed by atoms with Crippen LogP contribution in [0.3, 0.4) is 0 Å². The zero-order valence-corrected chi connectivity index (χ0v) is 22.0. The molecule has 1 atom stereocenters. The number of piperazine rings is 1. The van der Waals surface area contributed by atoms with Crippen LogP contribution in [0.15, 0.2) is 36.5 Å². The second-order valence-electron chi connectivity index (χ2n) is 9.81. The summed E-state index contributed by atoms with van der Waals surface area (Å²) in [7, 11) is -3.13. The second-order valence-corrected chi connectivity index (χ2v) is 12.2. The van der Waals surface area contributed by atoms with Crippen molar-refractivity contribution in [2.24, 2.45) is 0 Å². The summed E-state index contributed by atoms with van der Waals surface area (Å²) in [6.45, 7) is 8.27. The number of sulfonamides is 1. The molecule has 8 nitrogen and oxygen atoms in total. The Morgan fingerprint density at radius 2 is 1.74 bits per heavy atom. The first-order valence-electron chi connectivity index (χ1n) is 12.3. The highest BCUT2D eigenvalue weighted by atomic mass is 35.5. The average molecular weight is 517 g/mol. The molecule has 5 rings (SSSR count). The van der Waals surface area contributed by atoms with Crippen LogP contribution < -0.4 is 0 Å². The van der Waals surface area contributed by atoms with E-state index in [9.17, 15) is 8.42 Å². The Morgan fingerprint density at radius 1 is 1.00 bits per heavy atom. The molecule has 2 saturated heterocycles. The predicted octanol–water partition coefficient (Wildman–Crippen LogP) is 3.15. The van der Waals surface area contributed by atoms with E-state index >= 15 is 0 Å². The van der Waals surface area contributed by atoms with Gasteiger partial charge >= 0.3 is 0 Å². The van der Waals surface area contributed by atoms with Gasteiger partial charge in [0.1, 0.15) is 0 Å². The van der Waals surface area contributed by atoms with Crippen LogP contribution in [-0.2, 0) is 23.1 Å². The highest BCUT2D eigenvalue weighted by molar-refractivity contribution is 7.88. The number of halogens is 1. The van der Waals surface area contributed by atoms with Crippen molar-refractivity contribution in [3.8, 4) is 0 Å². The normalized spacial score (nSPS) is 21.1. The molecule has 0 saturated carbocycles. The lowest BCUT2D eigenvalue weighted by Crippen LogP contribution is -2.47. The third-order valence-electron chi connectivity index (χ3n) is 7.27. The molecule has 0 radical (unpaired) electrons. The molecule has 2 aromatic heterocycles. The molecule has 3 aromatic rings. The van der Waals surface area contributed by atoms with Crippen molar-refractivity contribution < 1.29 is 8.42 Å². The smallest absolute Gasteiger partial charge is 0.211 e. The number of hydrogen-bond acceptors (Lipinski definition) is 6. The Bertz CT molecular complexity index is 1290. The summed E-state index contributed by atoms with van der Waals surface area (Å²) in [6, 6.07) is 10.2. The summed E-state index contributed by atoms with van der Waals surface area (Å²) in [5.74, 6) is 0.395. The molecule has 0 aliphatic carbocycles. The molecule has 10 heteroatoms. The minimum Gasteiger partial charge on any atom is -0.298 e. The Labute approximate surface area is 212 Å². The van der Waals surface area contributed by atoms with E-state index in [1.807, 2.05) is 29.8 Å². The second kappa shape index (κ2) is 10.1. The predicted molar refractivity (Wildman–Crippen MR) is 138 cm³/mol. The summed E-state index contributed by atoms with van der Waals surface area (Å²) in [6.07, 6.45) is 5.48. The van der Waals surface area contributed by atoms with Gasteiger partial charge in [-0.1, -0.05) is 23.7 Å². The lowest BCUT2D eigenvalue weighted by molar-refractivity contribution is 0.182. The molecule has 0 bridgehead atoms. The SMILES string of the molecule is Cc1nn2c(C3CCCN(Cc4ccc(Cl)cc4)C3)ccnc2c1CN1CCN(S(C)(=O)=O)CC1. The van der Waals surface area contributed by atoms with Gasteiger partial charge in [-0.05, 0) is 50.1 Å². The minimum absolute atomic E-state index is 0.395. The van der Waals surface area contributed by atoms with E-state index in [-0.39, 0.29) is 0 Å². The highest BCUT2D eigenvalue weighted by Crippen LogP contribution is 2.29. The van der Waals surface area contributed by atoms with Crippen LogP contribution in [0, 0.1) is 6.92 Å². The number of benzene rings is 1. The van der Waals surface area contributed by atoms with Crippen LogP contribution in [-0.4, -0.2) is 82.6 Å². The van der Waals surface area contributed by atoms with E-state index in [0.717, 1.165) is 60.9 Å². The van der Waals surface area contributed by atoms with Crippen molar-refractivity contribution in [3.05, 3.63) is 64.1 Å². The number of hydrogen-bond donors (Lipinski definition) is 0. The lowest BCUT2D eigenvalue weighted by atomic mass is 9.94. The number of rotatable bonds is 6. The van der Waals surface area contributed by atoms with E-state index < -0.39 is 10.0 Å². The fraction of sp³-hybridized carbons (Fsp3) is 0.520. The maximum Gasteiger partial charge on any atom is 0.211 e. The molecular formula is C25H33ClN6O2S. The van der Waals surface area contributed by atoms with Gasteiger partial charge in [0, 0.05) is 68.5 Å². The number of aryl methyl sites for hydroxylation is 1. The minimum atomic E-state index is -3.13. The quantitative estimate of drug-likeness (QED) is 0.501. The first-order chi connectivity index (χ1) is 16.8. The number of piperidine rings is 1. The lowest BCUT2D eigenvalue weighted by Gasteiger charge is -2.33. The van der Waals surface area contributed by atoms with E-state index in [0.29, 0.717) is 32.1 Å². The summed E-state index contributed by atoms with van der Waals surface area (Å²) in [5, 5.41) is 5.68. The summed E-state index contributed by atoms with van der Waals surface area (Å²) in [4.78, 5) is 9.53. The monoisotopic (exact) mass is 516 g/mol. The Hall–Kier alpha value is -2.04. The van der Waals surface area contributed by atoms with Gasteiger partial charge in [-0.2, -0.15) is 9.40 Å². The maximum atomic E-state index is 11.8. The fourth-order valence-electron chi connectivity index (χ4n) is 5.34. The van der Waals surface area contributed by atoms with Gasteiger partial charge < -0.3 is 0 Å². The molecular weight excluding hydrogens is 484 g/mol. The first kappa shape index (κ1) is 24.6. The molecule has 2 aliphatic rings. The molecule has 2 fully saturated rings. The van der Waals surface area contributed by atoms with Crippen LogP contribution in [0.5, 0.6) is 0 Å². The van der Waals surface area contributed by atoms with Gasteiger partial charge in [-0.15, -0.1) is 0 Å². The molecule has 0 N–H and O–H groups in total. The zero-order chi connectivity index (χ0) is 24.6. The Balaban J connectivity index is 1.32. The van der Waals surface area contributed by atoms with Crippen LogP contribution in [0.1, 0.15) is 41.3 Å². The molecule has 0 spiro atoms.